The highest BCUT2D eigenvalue weighted by molar-refractivity contribution is 7.98. The van der Waals surface area contributed by atoms with Crippen molar-refractivity contribution in [2.45, 2.75) is 37.2 Å². The number of thioether (sulfide) groups is 1. The molecule has 0 N–H and O–H groups in total. The van der Waals surface area contributed by atoms with Crippen molar-refractivity contribution < 1.29 is 14.1 Å². The lowest BCUT2D eigenvalue weighted by Gasteiger charge is -2.12. The summed E-state index contributed by atoms with van der Waals surface area (Å²) in [6.07, 6.45) is 1.04. The van der Waals surface area contributed by atoms with Crippen molar-refractivity contribution in [3.8, 4) is 11.4 Å². The van der Waals surface area contributed by atoms with Gasteiger partial charge in [0, 0.05) is 12.1 Å². The molecule has 0 fully saturated rings. The summed E-state index contributed by atoms with van der Waals surface area (Å²) < 4.78 is 11.6. The van der Waals surface area contributed by atoms with Crippen LogP contribution >= 0.6 is 11.8 Å². The van der Waals surface area contributed by atoms with Crippen LogP contribution in [0.3, 0.4) is 0 Å². The molecule has 2 aromatic carbocycles. The van der Waals surface area contributed by atoms with E-state index in [4.69, 9.17) is 9.26 Å². The maximum absolute atomic E-state index is 13.0. The third kappa shape index (κ3) is 4.72. The topological polar surface area (TPSA) is 100 Å². The number of rotatable bonds is 8. The second-order valence-corrected chi connectivity index (χ2v) is 7.99. The number of carbonyl (C=O) groups is 1. The molecule has 2 heterocycles. The maximum atomic E-state index is 13.0. The standard InChI is InChI=1S/C23H22N4O4S/c1-3-15-8-10-16(11-9-15)21-25-19(31-26-21)14-32-23-24-18-7-5-4-6-17(18)22(29)27(23)13-12-20(28)30-2/h4-11H,3,12-14H2,1-2H3. The number of esters is 1. The molecule has 0 radical (unpaired) electrons. The number of para-hydroxylation sites is 1. The minimum atomic E-state index is -0.392. The van der Waals surface area contributed by atoms with Gasteiger partial charge in [-0.15, -0.1) is 0 Å². The van der Waals surface area contributed by atoms with Crippen molar-refractivity contribution >= 4 is 28.6 Å². The van der Waals surface area contributed by atoms with E-state index in [9.17, 15) is 9.59 Å². The van der Waals surface area contributed by atoms with Gasteiger partial charge in [0.2, 0.25) is 11.7 Å². The molecule has 164 valence electrons. The normalized spacial score (nSPS) is 11.1. The van der Waals surface area contributed by atoms with Crippen molar-refractivity contribution in [2.24, 2.45) is 0 Å². The molecule has 8 nitrogen and oxygen atoms in total. The van der Waals surface area contributed by atoms with Gasteiger partial charge in [-0.3, -0.25) is 14.2 Å². The average molecular weight is 451 g/mol. The first-order valence-electron chi connectivity index (χ1n) is 10.2. The predicted molar refractivity (Wildman–Crippen MR) is 121 cm³/mol. The number of fused-ring (bicyclic) bond motifs is 1. The molecule has 0 saturated carbocycles. The van der Waals surface area contributed by atoms with Crippen LogP contribution in [-0.4, -0.2) is 32.8 Å². The Bertz CT molecular complexity index is 1300. The van der Waals surface area contributed by atoms with Gasteiger partial charge in [0.25, 0.3) is 5.56 Å². The van der Waals surface area contributed by atoms with E-state index in [1.807, 2.05) is 30.3 Å². The summed E-state index contributed by atoms with van der Waals surface area (Å²) in [5.74, 6) is 0.879. The molecule has 0 amide bonds. The first kappa shape index (κ1) is 21.8. The van der Waals surface area contributed by atoms with Crippen LogP contribution in [0, 0.1) is 0 Å². The van der Waals surface area contributed by atoms with Gasteiger partial charge >= 0.3 is 5.97 Å². The number of ether oxygens (including phenoxy) is 1. The molecule has 0 aliphatic rings. The highest BCUT2D eigenvalue weighted by atomic mass is 32.2. The molecule has 4 aromatic rings. The fourth-order valence-corrected chi connectivity index (χ4v) is 4.07. The second kappa shape index (κ2) is 9.78. The summed E-state index contributed by atoms with van der Waals surface area (Å²) in [5, 5.41) is 5.04. The molecule has 0 saturated heterocycles. The van der Waals surface area contributed by atoms with Crippen LogP contribution in [0.1, 0.15) is 24.8 Å². The number of hydrogen-bond acceptors (Lipinski definition) is 8. The molecular weight excluding hydrogens is 428 g/mol. The molecule has 0 atom stereocenters. The highest BCUT2D eigenvalue weighted by Gasteiger charge is 2.15. The summed E-state index contributed by atoms with van der Waals surface area (Å²) >= 11 is 1.31. The van der Waals surface area contributed by atoms with Crippen LogP contribution < -0.4 is 5.56 Å². The molecule has 4 rings (SSSR count). The minimum Gasteiger partial charge on any atom is -0.469 e. The maximum Gasteiger partial charge on any atom is 0.307 e. The van der Waals surface area contributed by atoms with Crippen LogP contribution in [-0.2, 0) is 28.2 Å². The fourth-order valence-electron chi connectivity index (χ4n) is 3.21. The molecule has 0 spiro atoms. The first-order valence-corrected chi connectivity index (χ1v) is 11.2. The molecular formula is C23H22N4O4S. The number of aromatic nitrogens is 4. The number of hydrogen-bond donors (Lipinski definition) is 0. The number of nitrogens with zero attached hydrogens (tertiary/aromatic N) is 4. The lowest BCUT2D eigenvalue weighted by Crippen LogP contribution is -2.24. The van der Waals surface area contributed by atoms with Crippen molar-refractivity contribution in [3.63, 3.8) is 0 Å². The van der Waals surface area contributed by atoms with E-state index in [0.29, 0.717) is 33.5 Å². The van der Waals surface area contributed by atoms with Crippen LogP contribution in [0.4, 0.5) is 0 Å². The molecule has 0 aliphatic heterocycles. The third-order valence-electron chi connectivity index (χ3n) is 5.01. The third-order valence-corrected chi connectivity index (χ3v) is 5.97. The van der Waals surface area contributed by atoms with Crippen molar-refractivity contribution in [3.05, 3.63) is 70.3 Å². The van der Waals surface area contributed by atoms with E-state index in [0.717, 1.165) is 12.0 Å². The van der Waals surface area contributed by atoms with E-state index in [1.54, 1.807) is 18.2 Å². The Balaban J connectivity index is 1.57. The second-order valence-electron chi connectivity index (χ2n) is 7.05. The zero-order valence-electron chi connectivity index (χ0n) is 17.8. The van der Waals surface area contributed by atoms with Crippen LogP contribution in [0.2, 0.25) is 0 Å². The summed E-state index contributed by atoms with van der Waals surface area (Å²) in [6.45, 7) is 2.27. The Hall–Kier alpha value is -3.46. The zero-order chi connectivity index (χ0) is 22.5. The predicted octanol–water partition coefficient (Wildman–Crippen LogP) is 3.86. The molecule has 0 bridgehead atoms. The lowest BCUT2D eigenvalue weighted by molar-refractivity contribution is -0.140. The monoisotopic (exact) mass is 450 g/mol. The Morgan fingerprint density at radius 3 is 2.66 bits per heavy atom. The van der Waals surface area contributed by atoms with Gasteiger partial charge in [0.15, 0.2) is 5.16 Å². The SMILES string of the molecule is CCc1ccc(-c2noc(CSc3nc4ccccc4c(=O)n3CCC(=O)OC)n2)cc1. The van der Waals surface area contributed by atoms with Crippen molar-refractivity contribution in [1.29, 1.82) is 0 Å². The Morgan fingerprint density at radius 2 is 1.91 bits per heavy atom. The van der Waals surface area contributed by atoms with E-state index in [2.05, 4.69) is 22.0 Å². The molecule has 2 aromatic heterocycles. The summed E-state index contributed by atoms with van der Waals surface area (Å²) in [7, 11) is 1.32. The average Bonchev–Trinajstić information content (AvgIpc) is 3.31. The number of carbonyl (C=O) groups excluding carboxylic acids is 1. The molecule has 32 heavy (non-hydrogen) atoms. The van der Waals surface area contributed by atoms with Gasteiger partial charge in [0.05, 0.1) is 30.2 Å². The molecule has 9 heteroatoms. The van der Waals surface area contributed by atoms with Crippen molar-refractivity contribution in [2.75, 3.05) is 7.11 Å². The van der Waals surface area contributed by atoms with Crippen molar-refractivity contribution in [1.82, 2.24) is 19.7 Å². The Kier molecular flexibility index (Phi) is 6.65. The Labute approximate surface area is 188 Å². The van der Waals surface area contributed by atoms with Gasteiger partial charge in [-0.25, -0.2) is 4.98 Å². The van der Waals surface area contributed by atoms with Crippen LogP contribution in [0.15, 0.2) is 63.0 Å². The van der Waals surface area contributed by atoms with E-state index < -0.39 is 5.97 Å². The lowest BCUT2D eigenvalue weighted by atomic mass is 10.1. The van der Waals surface area contributed by atoms with E-state index >= 15 is 0 Å². The quantitative estimate of drug-likeness (QED) is 0.227. The van der Waals surface area contributed by atoms with Gasteiger partial charge < -0.3 is 9.26 Å². The van der Waals surface area contributed by atoms with Crippen LogP contribution in [0.25, 0.3) is 22.3 Å². The van der Waals surface area contributed by atoms with Crippen LogP contribution in [0.5, 0.6) is 0 Å². The molecule has 0 unspecified atom stereocenters. The minimum absolute atomic E-state index is 0.0719. The largest absolute Gasteiger partial charge is 0.469 e. The smallest absolute Gasteiger partial charge is 0.307 e. The number of benzene rings is 2. The van der Waals surface area contributed by atoms with Gasteiger partial charge in [-0.2, -0.15) is 4.98 Å². The number of methoxy groups -OCH3 is 1. The highest BCUT2D eigenvalue weighted by Crippen LogP contribution is 2.24. The zero-order valence-corrected chi connectivity index (χ0v) is 18.6. The molecule has 0 aliphatic carbocycles. The summed E-state index contributed by atoms with van der Waals surface area (Å²) in [5.41, 5.74) is 2.50. The van der Waals surface area contributed by atoms with E-state index in [-0.39, 0.29) is 18.5 Å². The van der Waals surface area contributed by atoms with Gasteiger partial charge in [0.1, 0.15) is 0 Å². The first-order chi connectivity index (χ1) is 15.6. The van der Waals surface area contributed by atoms with Gasteiger partial charge in [-0.05, 0) is 24.1 Å². The summed E-state index contributed by atoms with van der Waals surface area (Å²) in [4.78, 5) is 33.7. The summed E-state index contributed by atoms with van der Waals surface area (Å²) in [6, 6.07) is 15.1. The van der Waals surface area contributed by atoms with E-state index in [1.165, 1.54) is 29.0 Å². The Morgan fingerprint density at radius 1 is 1.12 bits per heavy atom. The number of aryl methyl sites for hydroxylation is 1. The fraction of sp³-hybridized carbons (Fsp3) is 0.261. The van der Waals surface area contributed by atoms with Gasteiger partial charge in [-0.1, -0.05) is 60.2 Å².